The first-order valence-electron chi connectivity index (χ1n) is 15.5. The van der Waals surface area contributed by atoms with Crippen LogP contribution in [0.1, 0.15) is 13.3 Å². The first kappa shape index (κ1) is 42.7. The van der Waals surface area contributed by atoms with Crippen LogP contribution in [0.15, 0.2) is 12.7 Å². The zero-order chi connectivity index (χ0) is 31.9. The van der Waals surface area contributed by atoms with Crippen molar-refractivity contribution in [2.45, 2.75) is 13.3 Å². The van der Waals surface area contributed by atoms with Gasteiger partial charge in [0.25, 0.3) is 0 Å². The molecule has 0 unspecified atom stereocenters. The lowest BCUT2D eigenvalue weighted by Crippen LogP contribution is -2.15. The Labute approximate surface area is 263 Å². The SMILES string of the molecule is C=CCOCCOCCOCCOCCOCCOCCOCCOCCOCCOCCOCCOCCC(=O)OCC. The molecule has 0 fully saturated rings. The average molecular weight is 643 g/mol. The molecule has 0 heterocycles. The van der Waals surface area contributed by atoms with E-state index in [1.165, 1.54) is 0 Å². The third-order valence-corrected chi connectivity index (χ3v) is 5.08. The molecule has 0 radical (unpaired) electrons. The van der Waals surface area contributed by atoms with Gasteiger partial charge in [0.1, 0.15) is 0 Å². The lowest BCUT2D eigenvalue weighted by molar-refractivity contribution is -0.144. The zero-order valence-corrected chi connectivity index (χ0v) is 26.9. The van der Waals surface area contributed by atoms with E-state index >= 15 is 0 Å². The molecular weight excluding hydrogens is 584 g/mol. The average Bonchev–Trinajstić information content (AvgIpc) is 3.02. The van der Waals surface area contributed by atoms with Gasteiger partial charge < -0.3 is 61.6 Å². The van der Waals surface area contributed by atoms with Gasteiger partial charge in [0.15, 0.2) is 0 Å². The van der Waals surface area contributed by atoms with Gasteiger partial charge in [-0.15, -0.1) is 6.58 Å². The molecule has 14 nitrogen and oxygen atoms in total. The first-order chi connectivity index (χ1) is 21.8. The van der Waals surface area contributed by atoms with Crippen molar-refractivity contribution < 1.29 is 66.4 Å². The highest BCUT2D eigenvalue weighted by Crippen LogP contribution is 1.90. The van der Waals surface area contributed by atoms with Crippen LogP contribution >= 0.6 is 0 Å². The van der Waals surface area contributed by atoms with E-state index in [9.17, 15) is 4.79 Å². The van der Waals surface area contributed by atoms with Crippen LogP contribution in [0, 0.1) is 0 Å². The highest BCUT2D eigenvalue weighted by molar-refractivity contribution is 5.69. The van der Waals surface area contributed by atoms with E-state index in [2.05, 4.69) is 6.58 Å². The molecule has 0 aromatic heterocycles. The van der Waals surface area contributed by atoms with E-state index in [0.29, 0.717) is 165 Å². The van der Waals surface area contributed by atoms with Gasteiger partial charge in [-0.3, -0.25) is 4.79 Å². The summed E-state index contributed by atoms with van der Waals surface area (Å²) in [5.41, 5.74) is 0. The predicted molar refractivity (Wildman–Crippen MR) is 161 cm³/mol. The maximum atomic E-state index is 11.1. The fraction of sp³-hybridized carbons (Fsp3) is 0.900. The van der Waals surface area contributed by atoms with Crippen molar-refractivity contribution in [3.8, 4) is 0 Å². The minimum Gasteiger partial charge on any atom is -0.466 e. The highest BCUT2D eigenvalue weighted by Gasteiger charge is 2.01. The second kappa shape index (κ2) is 39.8. The van der Waals surface area contributed by atoms with Crippen molar-refractivity contribution in [2.24, 2.45) is 0 Å². The molecule has 0 N–H and O–H groups in total. The molecule has 0 spiro atoms. The van der Waals surface area contributed by atoms with Crippen LogP contribution in [0.4, 0.5) is 0 Å². The fourth-order valence-electron chi connectivity index (χ4n) is 2.97. The van der Waals surface area contributed by atoms with E-state index in [1.807, 2.05) is 0 Å². The number of carbonyl (C=O) groups is 1. The lowest BCUT2D eigenvalue weighted by atomic mass is 10.5. The Bertz CT molecular complexity index is 570. The Kier molecular flexibility index (Phi) is 38.6. The summed E-state index contributed by atoms with van der Waals surface area (Å²) >= 11 is 0. The van der Waals surface area contributed by atoms with Crippen molar-refractivity contribution in [1.82, 2.24) is 0 Å². The Morgan fingerprint density at radius 1 is 0.409 bits per heavy atom. The number of hydrogen-bond acceptors (Lipinski definition) is 14. The molecule has 0 rings (SSSR count). The zero-order valence-electron chi connectivity index (χ0n) is 26.9. The van der Waals surface area contributed by atoms with Crippen LogP contribution in [-0.2, 0) is 66.4 Å². The molecule has 44 heavy (non-hydrogen) atoms. The maximum Gasteiger partial charge on any atom is 0.308 e. The summed E-state index contributed by atoms with van der Waals surface area (Å²) in [5.74, 6) is -0.251. The second-order valence-corrected chi connectivity index (χ2v) is 8.65. The largest absolute Gasteiger partial charge is 0.466 e. The first-order valence-corrected chi connectivity index (χ1v) is 15.5. The van der Waals surface area contributed by atoms with Crippen LogP contribution in [-0.4, -0.2) is 171 Å². The van der Waals surface area contributed by atoms with Gasteiger partial charge in [0.05, 0.1) is 172 Å². The molecule has 0 aliphatic carbocycles. The van der Waals surface area contributed by atoms with Crippen LogP contribution in [0.3, 0.4) is 0 Å². The third-order valence-electron chi connectivity index (χ3n) is 5.08. The number of rotatable bonds is 39. The molecule has 0 saturated carbocycles. The van der Waals surface area contributed by atoms with Crippen molar-refractivity contribution in [3.63, 3.8) is 0 Å². The topological polar surface area (TPSA) is 137 Å². The van der Waals surface area contributed by atoms with E-state index in [0.717, 1.165) is 0 Å². The Hall–Kier alpha value is -1.27. The molecule has 0 aliphatic heterocycles. The summed E-state index contributed by atoms with van der Waals surface area (Å²) in [4.78, 5) is 11.1. The monoisotopic (exact) mass is 642 g/mol. The molecule has 0 amide bonds. The third kappa shape index (κ3) is 38.8. The summed E-state index contributed by atoms with van der Waals surface area (Å²) in [6.45, 7) is 17.7. The summed E-state index contributed by atoms with van der Waals surface area (Å²) in [6, 6.07) is 0. The van der Waals surface area contributed by atoms with Crippen molar-refractivity contribution in [3.05, 3.63) is 12.7 Å². The molecule has 14 heteroatoms. The molecule has 0 atom stereocenters. The van der Waals surface area contributed by atoms with E-state index < -0.39 is 0 Å². The van der Waals surface area contributed by atoms with E-state index in [4.69, 9.17) is 61.6 Å². The van der Waals surface area contributed by atoms with Gasteiger partial charge in [-0.25, -0.2) is 0 Å². The quantitative estimate of drug-likeness (QED) is 0.0541. The molecular formula is C30H58O14. The van der Waals surface area contributed by atoms with Gasteiger partial charge in [0, 0.05) is 0 Å². The normalized spacial score (nSPS) is 11.3. The minimum atomic E-state index is -0.251. The number of carbonyl (C=O) groups excluding carboxylic acids is 1. The van der Waals surface area contributed by atoms with Crippen LogP contribution in [0.2, 0.25) is 0 Å². The van der Waals surface area contributed by atoms with Crippen LogP contribution in [0.5, 0.6) is 0 Å². The second-order valence-electron chi connectivity index (χ2n) is 8.65. The Morgan fingerprint density at radius 2 is 0.636 bits per heavy atom. The molecule has 0 aromatic carbocycles. The van der Waals surface area contributed by atoms with Crippen LogP contribution < -0.4 is 0 Å². The summed E-state index contributed by atoms with van der Waals surface area (Å²) in [7, 11) is 0. The van der Waals surface area contributed by atoms with Crippen molar-refractivity contribution >= 4 is 5.97 Å². The molecule has 0 saturated heterocycles. The molecule has 0 aromatic rings. The van der Waals surface area contributed by atoms with E-state index in [-0.39, 0.29) is 12.4 Å². The summed E-state index contributed by atoms with van der Waals surface area (Å²) < 4.78 is 69.7. The Balaban J connectivity index is 3.05. The van der Waals surface area contributed by atoms with Crippen molar-refractivity contribution in [1.29, 1.82) is 0 Å². The maximum absolute atomic E-state index is 11.1. The summed E-state index contributed by atoms with van der Waals surface area (Å²) in [5, 5.41) is 0. The molecule has 0 aliphatic rings. The predicted octanol–water partition coefficient (Wildman–Crippen LogP) is 1.32. The van der Waals surface area contributed by atoms with Crippen LogP contribution in [0.25, 0.3) is 0 Å². The number of ether oxygens (including phenoxy) is 13. The van der Waals surface area contributed by atoms with Gasteiger partial charge in [0.2, 0.25) is 0 Å². The molecule has 262 valence electrons. The van der Waals surface area contributed by atoms with Gasteiger partial charge in [-0.2, -0.15) is 0 Å². The van der Waals surface area contributed by atoms with E-state index in [1.54, 1.807) is 13.0 Å². The lowest BCUT2D eigenvalue weighted by Gasteiger charge is -2.09. The standard InChI is InChI=1S/C30H58O14/c1-3-6-32-8-10-34-12-14-36-16-18-38-20-22-40-24-26-42-28-29-43-27-25-41-23-21-39-19-17-37-15-13-35-11-9-33-7-5-30(31)44-4-2/h3H,1,4-29H2,2H3. The summed E-state index contributed by atoms with van der Waals surface area (Å²) in [6.07, 6.45) is 1.96. The Morgan fingerprint density at radius 3 is 0.864 bits per heavy atom. The number of hydrogen-bond donors (Lipinski definition) is 0. The molecule has 0 bridgehead atoms. The van der Waals surface area contributed by atoms with Crippen molar-refractivity contribution in [2.75, 3.05) is 165 Å². The number of esters is 1. The fourth-order valence-corrected chi connectivity index (χ4v) is 2.97. The highest BCUT2D eigenvalue weighted by atomic mass is 16.6. The van der Waals surface area contributed by atoms with Gasteiger partial charge >= 0.3 is 5.97 Å². The smallest absolute Gasteiger partial charge is 0.308 e. The van der Waals surface area contributed by atoms with Gasteiger partial charge in [-0.1, -0.05) is 6.08 Å². The van der Waals surface area contributed by atoms with Gasteiger partial charge in [-0.05, 0) is 6.92 Å². The minimum absolute atomic E-state index is 0.251.